The smallest absolute Gasteiger partial charge is 0.142 e. The number of ether oxygens (including phenoxy) is 1. The second-order valence-corrected chi connectivity index (χ2v) is 4.02. The topological polar surface area (TPSA) is 47.3 Å². The molecule has 1 unspecified atom stereocenters. The van der Waals surface area contributed by atoms with Gasteiger partial charge in [0.05, 0.1) is 7.11 Å². The summed E-state index contributed by atoms with van der Waals surface area (Å²) in [5.74, 6) is 1.43. The molecular formula is C13H16N2O2. The average Bonchev–Trinajstić information content (AvgIpc) is 2.74. The van der Waals surface area contributed by atoms with Crippen LogP contribution in [-0.2, 0) is 7.05 Å². The van der Waals surface area contributed by atoms with Gasteiger partial charge in [-0.3, -0.25) is 0 Å². The van der Waals surface area contributed by atoms with Crippen LogP contribution in [0.1, 0.15) is 23.1 Å². The number of benzene rings is 1. The molecule has 4 heteroatoms. The van der Waals surface area contributed by atoms with Gasteiger partial charge in [0.2, 0.25) is 0 Å². The Bertz CT molecular complexity index is 520. The van der Waals surface area contributed by atoms with E-state index in [1.165, 1.54) is 0 Å². The van der Waals surface area contributed by atoms with Crippen molar-refractivity contribution in [2.45, 2.75) is 13.0 Å². The molecule has 90 valence electrons. The highest BCUT2D eigenvalue weighted by molar-refractivity contribution is 5.38. The highest BCUT2D eigenvalue weighted by Gasteiger charge is 2.17. The van der Waals surface area contributed by atoms with Crippen molar-refractivity contribution >= 4 is 0 Å². The van der Waals surface area contributed by atoms with Crippen molar-refractivity contribution in [1.82, 2.24) is 9.55 Å². The fraction of sp³-hybridized carbons (Fsp3) is 0.308. The molecule has 1 atom stereocenters. The summed E-state index contributed by atoms with van der Waals surface area (Å²) >= 11 is 0. The first-order valence-corrected chi connectivity index (χ1v) is 5.43. The van der Waals surface area contributed by atoms with E-state index in [0.717, 1.165) is 16.9 Å². The van der Waals surface area contributed by atoms with Crippen LogP contribution in [-0.4, -0.2) is 21.8 Å². The molecule has 0 saturated carbocycles. The number of hydrogen-bond acceptors (Lipinski definition) is 3. The second kappa shape index (κ2) is 4.59. The van der Waals surface area contributed by atoms with Crippen LogP contribution in [0.2, 0.25) is 0 Å². The minimum absolute atomic E-state index is 0.637. The molecule has 1 heterocycles. The van der Waals surface area contributed by atoms with Crippen molar-refractivity contribution < 1.29 is 9.84 Å². The zero-order valence-electron chi connectivity index (χ0n) is 10.2. The molecule has 1 aromatic heterocycles. The molecule has 17 heavy (non-hydrogen) atoms. The zero-order valence-corrected chi connectivity index (χ0v) is 10.2. The molecule has 0 saturated heterocycles. The van der Waals surface area contributed by atoms with Crippen molar-refractivity contribution in [3.63, 3.8) is 0 Å². The minimum atomic E-state index is -0.707. The maximum absolute atomic E-state index is 10.3. The fourth-order valence-corrected chi connectivity index (χ4v) is 1.86. The number of methoxy groups -OCH3 is 1. The SMILES string of the molecule is COc1ccc(C(O)c2nccn2C)c(C)c1. The fourth-order valence-electron chi connectivity index (χ4n) is 1.86. The quantitative estimate of drug-likeness (QED) is 0.878. The summed E-state index contributed by atoms with van der Waals surface area (Å²) in [6.07, 6.45) is 2.79. The van der Waals surface area contributed by atoms with E-state index in [4.69, 9.17) is 4.74 Å². The Morgan fingerprint density at radius 2 is 2.18 bits per heavy atom. The lowest BCUT2D eigenvalue weighted by atomic mass is 10.0. The molecule has 0 spiro atoms. The molecule has 0 bridgehead atoms. The molecule has 0 radical (unpaired) electrons. The van der Waals surface area contributed by atoms with Gasteiger partial charge < -0.3 is 14.4 Å². The van der Waals surface area contributed by atoms with Crippen molar-refractivity contribution in [2.75, 3.05) is 7.11 Å². The Morgan fingerprint density at radius 1 is 1.41 bits per heavy atom. The molecule has 2 aromatic rings. The van der Waals surface area contributed by atoms with Crippen LogP contribution >= 0.6 is 0 Å². The molecule has 2 rings (SSSR count). The highest BCUT2D eigenvalue weighted by Crippen LogP contribution is 2.26. The molecule has 0 aliphatic carbocycles. The molecular weight excluding hydrogens is 216 g/mol. The third-order valence-corrected chi connectivity index (χ3v) is 2.87. The normalized spacial score (nSPS) is 12.5. The van der Waals surface area contributed by atoms with E-state index in [9.17, 15) is 5.11 Å². The molecule has 1 aromatic carbocycles. The third kappa shape index (κ3) is 2.17. The highest BCUT2D eigenvalue weighted by atomic mass is 16.5. The number of aromatic nitrogens is 2. The molecule has 0 amide bonds. The Balaban J connectivity index is 2.38. The Hall–Kier alpha value is -1.81. The van der Waals surface area contributed by atoms with Crippen LogP contribution in [0.25, 0.3) is 0 Å². The molecule has 4 nitrogen and oxygen atoms in total. The standard InChI is InChI=1S/C13H16N2O2/c1-9-8-10(17-3)4-5-11(9)12(16)13-14-6-7-15(13)2/h4-8,12,16H,1-3H3. The predicted molar refractivity (Wildman–Crippen MR) is 65.0 cm³/mol. The predicted octanol–water partition coefficient (Wildman–Crippen LogP) is 1.82. The number of aryl methyl sites for hydroxylation is 2. The van der Waals surface area contributed by atoms with Gasteiger partial charge in [0, 0.05) is 19.4 Å². The van der Waals surface area contributed by atoms with E-state index in [0.29, 0.717) is 5.82 Å². The first-order chi connectivity index (χ1) is 8.13. The lowest BCUT2D eigenvalue weighted by Crippen LogP contribution is -2.08. The van der Waals surface area contributed by atoms with Gasteiger partial charge in [0.1, 0.15) is 17.7 Å². The lowest BCUT2D eigenvalue weighted by molar-refractivity contribution is 0.205. The summed E-state index contributed by atoms with van der Waals surface area (Å²) in [5, 5.41) is 10.3. The summed E-state index contributed by atoms with van der Waals surface area (Å²) in [6.45, 7) is 1.95. The number of aliphatic hydroxyl groups is 1. The first-order valence-electron chi connectivity index (χ1n) is 5.43. The molecule has 1 N–H and O–H groups in total. The number of imidazole rings is 1. The summed E-state index contributed by atoms with van der Waals surface area (Å²) in [7, 11) is 3.49. The van der Waals surface area contributed by atoms with Crippen LogP contribution in [0.3, 0.4) is 0 Å². The molecule has 0 fully saturated rings. The van der Waals surface area contributed by atoms with Crippen LogP contribution in [0.15, 0.2) is 30.6 Å². The van der Waals surface area contributed by atoms with Crippen molar-refractivity contribution in [3.05, 3.63) is 47.5 Å². The van der Waals surface area contributed by atoms with Crippen LogP contribution < -0.4 is 4.74 Å². The van der Waals surface area contributed by atoms with E-state index in [1.54, 1.807) is 13.3 Å². The average molecular weight is 232 g/mol. The lowest BCUT2D eigenvalue weighted by Gasteiger charge is -2.14. The van der Waals surface area contributed by atoms with E-state index < -0.39 is 6.10 Å². The Labute approximate surface area is 100 Å². The summed E-state index contributed by atoms with van der Waals surface area (Å²) in [6, 6.07) is 5.61. The largest absolute Gasteiger partial charge is 0.497 e. The van der Waals surface area contributed by atoms with Gasteiger partial charge in [-0.15, -0.1) is 0 Å². The van der Waals surface area contributed by atoms with Gasteiger partial charge >= 0.3 is 0 Å². The van der Waals surface area contributed by atoms with E-state index >= 15 is 0 Å². The number of rotatable bonds is 3. The number of hydrogen-bond donors (Lipinski definition) is 1. The van der Waals surface area contributed by atoms with E-state index in [1.807, 2.05) is 42.9 Å². The maximum Gasteiger partial charge on any atom is 0.142 e. The summed E-state index contributed by atoms with van der Waals surface area (Å²) in [5.41, 5.74) is 1.83. The van der Waals surface area contributed by atoms with Crippen molar-refractivity contribution in [2.24, 2.45) is 7.05 Å². The van der Waals surface area contributed by atoms with Crippen LogP contribution in [0.4, 0.5) is 0 Å². The van der Waals surface area contributed by atoms with Gasteiger partial charge in [-0.1, -0.05) is 6.07 Å². The Morgan fingerprint density at radius 3 is 2.71 bits per heavy atom. The van der Waals surface area contributed by atoms with E-state index in [-0.39, 0.29) is 0 Å². The Kier molecular flexibility index (Phi) is 3.15. The van der Waals surface area contributed by atoms with Gasteiger partial charge in [0.15, 0.2) is 0 Å². The maximum atomic E-state index is 10.3. The second-order valence-electron chi connectivity index (χ2n) is 4.02. The number of aliphatic hydroxyl groups excluding tert-OH is 1. The number of nitrogens with zero attached hydrogens (tertiary/aromatic N) is 2. The van der Waals surface area contributed by atoms with Gasteiger partial charge in [-0.05, 0) is 30.2 Å². The summed E-state index contributed by atoms with van der Waals surface area (Å²) < 4.78 is 6.96. The van der Waals surface area contributed by atoms with Crippen molar-refractivity contribution in [3.8, 4) is 5.75 Å². The zero-order chi connectivity index (χ0) is 12.4. The van der Waals surface area contributed by atoms with Crippen LogP contribution in [0.5, 0.6) is 5.75 Å². The monoisotopic (exact) mass is 232 g/mol. The van der Waals surface area contributed by atoms with E-state index in [2.05, 4.69) is 4.98 Å². The van der Waals surface area contributed by atoms with Gasteiger partial charge in [0.25, 0.3) is 0 Å². The van der Waals surface area contributed by atoms with Gasteiger partial charge in [-0.2, -0.15) is 0 Å². The first kappa shape index (κ1) is 11.7. The summed E-state index contributed by atoms with van der Waals surface area (Å²) in [4.78, 5) is 4.16. The van der Waals surface area contributed by atoms with Crippen LogP contribution in [0, 0.1) is 6.92 Å². The third-order valence-electron chi connectivity index (χ3n) is 2.87. The molecule has 0 aliphatic heterocycles. The minimum Gasteiger partial charge on any atom is -0.497 e. The van der Waals surface area contributed by atoms with Crippen molar-refractivity contribution in [1.29, 1.82) is 0 Å². The molecule has 0 aliphatic rings. The van der Waals surface area contributed by atoms with Gasteiger partial charge in [-0.25, -0.2) is 4.98 Å².